The largest absolute Gasteiger partial charge is 0.476 e. The van der Waals surface area contributed by atoms with Gasteiger partial charge in [-0.3, -0.25) is 13.9 Å². The first-order valence-electron chi connectivity index (χ1n) is 12.3. The number of methoxy groups -OCH3 is 1. The molecule has 1 aromatic carbocycles. The zero-order valence-electron chi connectivity index (χ0n) is 22.3. The molecule has 4 N–H and O–H groups in total. The third-order valence-corrected chi connectivity index (χ3v) is 7.89. The molecule has 0 saturated carbocycles. The minimum Gasteiger partial charge on any atom is -0.476 e. The van der Waals surface area contributed by atoms with Crippen molar-refractivity contribution in [3.05, 3.63) is 36.7 Å². The van der Waals surface area contributed by atoms with E-state index in [-0.39, 0.29) is 28.7 Å². The van der Waals surface area contributed by atoms with Gasteiger partial charge < -0.3 is 29.6 Å². The molecular weight excluding hydrogens is 545 g/mol. The Morgan fingerprint density at radius 3 is 2.75 bits per heavy atom. The second-order valence-electron chi connectivity index (χ2n) is 9.08. The molecule has 3 aromatic rings. The van der Waals surface area contributed by atoms with Crippen LogP contribution < -0.4 is 20.1 Å². The molecule has 4 rings (SSSR count). The maximum atomic E-state index is 13.7. The highest BCUT2D eigenvalue weighted by Crippen LogP contribution is 2.49. The van der Waals surface area contributed by atoms with Crippen LogP contribution in [0, 0.1) is 16.7 Å². The number of aromatic nitrogens is 4. The Kier molecular flexibility index (Phi) is 8.57. The lowest BCUT2D eigenvalue weighted by atomic mass is 9.84. The number of para-hydroxylation sites is 1. The van der Waals surface area contributed by atoms with Gasteiger partial charge in [-0.15, -0.1) is 0 Å². The smallest absolute Gasteiger partial charge is 0.459 e. The number of anilines is 1. The Morgan fingerprint density at radius 1 is 1.38 bits per heavy atom. The standard InChI is InChI=1S/C24H30N7O8P/c1-5-36-20-17-19(28-23(26)29-20)31(13-27-17)22-24(3,12-25)18(32)16(38-22)11-37-40(34,30-14(2)21(33)35-4)39-15-9-7-6-8-10-15/h6-10,13-14,16,18,22,32H,5,11H2,1-4H3,(H,30,34)(H2,26,28,29). The zero-order valence-corrected chi connectivity index (χ0v) is 23.1. The van der Waals surface area contributed by atoms with E-state index in [4.69, 9.17) is 29.0 Å². The second-order valence-corrected chi connectivity index (χ2v) is 10.8. The van der Waals surface area contributed by atoms with Crippen molar-refractivity contribution in [2.45, 2.75) is 45.2 Å². The molecule has 1 aliphatic rings. The highest BCUT2D eigenvalue weighted by molar-refractivity contribution is 7.52. The van der Waals surface area contributed by atoms with Gasteiger partial charge in [0.1, 0.15) is 29.4 Å². The third-order valence-electron chi connectivity index (χ3n) is 6.25. The first-order valence-corrected chi connectivity index (χ1v) is 13.8. The van der Waals surface area contributed by atoms with Crippen molar-refractivity contribution in [1.82, 2.24) is 24.6 Å². The molecule has 15 nitrogen and oxygen atoms in total. The fraction of sp³-hybridized carbons (Fsp3) is 0.458. The summed E-state index contributed by atoms with van der Waals surface area (Å²) >= 11 is 0. The van der Waals surface area contributed by atoms with Gasteiger partial charge in [0, 0.05) is 0 Å². The van der Waals surface area contributed by atoms with Crippen molar-refractivity contribution in [3.63, 3.8) is 0 Å². The van der Waals surface area contributed by atoms with E-state index in [0.29, 0.717) is 6.61 Å². The highest BCUT2D eigenvalue weighted by Gasteiger charge is 2.55. The average Bonchev–Trinajstić information content (AvgIpc) is 3.46. The van der Waals surface area contributed by atoms with Crippen molar-refractivity contribution in [3.8, 4) is 17.7 Å². The number of fused-ring (bicyclic) bond motifs is 1. The number of carbonyl (C=O) groups excluding carboxylic acids is 1. The number of rotatable bonds is 11. The van der Waals surface area contributed by atoms with E-state index >= 15 is 0 Å². The van der Waals surface area contributed by atoms with Crippen LogP contribution in [0.25, 0.3) is 11.2 Å². The number of nitrogen functional groups attached to an aromatic ring is 1. The van der Waals surface area contributed by atoms with Crippen molar-refractivity contribution >= 4 is 30.8 Å². The summed E-state index contributed by atoms with van der Waals surface area (Å²) < 4.78 is 42.7. The summed E-state index contributed by atoms with van der Waals surface area (Å²) in [6.07, 6.45) is -2.29. The van der Waals surface area contributed by atoms with Gasteiger partial charge in [0.05, 0.1) is 32.7 Å². The predicted molar refractivity (Wildman–Crippen MR) is 140 cm³/mol. The number of nitrogens with two attached hydrogens (primary N) is 1. The summed E-state index contributed by atoms with van der Waals surface area (Å²) in [7, 11) is -3.05. The van der Waals surface area contributed by atoms with Gasteiger partial charge in [0.15, 0.2) is 17.4 Å². The fourth-order valence-corrected chi connectivity index (χ4v) is 5.69. The summed E-state index contributed by atoms with van der Waals surface area (Å²) in [5, 5.41) is 23.8. The molecule has 1 saturated heterocycles. The first-order chi connectivity index (χ1) is 19.0. The summed E-state index contributed by atoms with van der Waals surface area (Å²) in [5.41, 5.74) is 4.85. The normalized spacial score (nSPS) is 24.6. The monoisotopic (exact) mass is 575 g/mol. The van der Waals surface area contributed by atoms with Crippen LogP contribution in [0.3, 0.4) is 0 Å². The van der Waals surface area contributed by atoms with Crippen molar-refractivity contribution < 1.29 is 37.7 Å². The number of hydrogen-bond acceptors (Lipinski definition) is 13. The maximum Gasteiger partial charge on any atom is 0.459 e. The summed E-state index contributed by atoms with van der Waals surface area (Å²) in [6, 6.07) is 9.22. The lowest BCUT2D eigenvalue weighted by Gasteiger charge is -2.26. The van der Waals surface area contributed by atoms with Crippen LogP contribution in [0.2, 0.25) is 0 Å². The summed E-state index contributed by atoms with van der Waals surface area (Å²) in [5.74, 6) is -0.421. The highest BCUT2D eigenvalue weighted by atomic mass is 31.2. The number of nitrogens with one attached hydrogen (secondary N) is 1. The van der Waals surface area contributed by atoms with Crippen LogP contribution >= 0.6 is 7.75 Å². The summed E-state index contributed by atoms with van der Waals surface area (Å²) in [4.78, 5) is 24.6. The number of hydrogen-bond donors (Lipinski definition) is 3. The molecule has 3 heterocycles. The number of carbonyl (C=O) groups is 1. The number of nitrogens with zero attached hydrogens (tertiary/aromatic N) is 5. The molecular formula is C24H30N7O8P. The molecule has 1 aliphatic heterocycles. The maximum absolute atomic E-state index is 13.7. The van der Waals surface area contributed by atoms with Crippen LogP contribution in [0.1, 0.15) is 27.0 Å². The number of esters is 1. The fourth-order valence-electron chi connectivity index (χ4n) is 4.18. The molecule has 0 bridgehead atoms. The third kappa shape index (κ3) is 5.72. The van der Waals surface area contributed by atoms with Crippen molar-refractivity contribution in [2.24, 2.45) is 5.41 Å². The Balaban J connectivity index is 1.61. The predicted octanol–water partition coefficient (Wildman–Crippen LogP) is 1.95. The number of imidazole rings is 1. The minimum atomic E-state index is -4.23. The molecule has 6 atom stereocenters. The molecule has 6 unspecified atom stereocenters. The second kappa shape index (κ2) is 11.7. The van der Waals surface area contributed by atoms with E-state index in [1.807, 2.05) is 0 Å². The van der Waals surface area contributed by atoms with Crippen LogP contribution in [0.5, 0.6) is 11.6 Å². The van der Waals surface area contributed by atoms with Crippen molar-refractivity contribution in [1.29, 1.82) is 5.26 Å². The quantitative estimate of drug-likeness (QED) is 0.221. The molecule has 16 heteroatoms. The Labute approximate surface area is 229 Å². The number of ether oxygens (including phenoxy) is 3. The van der Waals surface area contributed by atoms with E-state index in [2.05, 4.69) is 26.1 Å². The van der Waals surface area contributed by atoms with Crippen molar-refractivity contribution in [2.75, 3.05) is 26.1 Å². The van der Waals surface area contributed by atoms with Crippen LogP contribution in [0.15, 0.2) is 36.7 Å². The molecule has 214 valence electrons. The average molecular weight is 576 g/mol. The molecule has 0 spiro atoms. The van der Waals surface area contributed by atoms with Gasteiger partial charge in [-0.25, -0.2) is 9.55 Å². The zero-order chi connectivity index (χ0) is 29.1. The summed E-state index contributed by atoms with van der Waals surface area (Å²) in [6.45, 7) is 4.53. The molecule has 1 fully saturated rings. The SMILES string of the molecule is CCOc1nc(N)nc2c1ncn2C1OC(COP(=O)(NC(C)C(=O)OC)Oc2ccccc2)C(O)C1(C)C#N. The van der Waals surface area contributed by atoms with Crippen LogP contribution in [-0.4, -0.2) is 69.2 Å². The first kappa shape index (κ1) is 29.2. The topological polar surface area (TPSA) is 206 Å². The Bertz CT molecular complexity index is 1450. The molecule has 40 heavy (non-hydrogen) atoms. The van der Waals surface area contributed by atoms with E-state index < -0.39 is 50.2 Å². The number of aliphatic hydroxyl groups excluding tert-OH is 1. The molecule has 2 aromatic heterocycles. The van der Waals surface area contributed by atoms with E-state index in [1.54, 1.807) is 37.3 Å². The molecule has 0 aliphatic carbocycles. The van der Waals surface area contributed by atoms with E-state index in [0.717, 1.165) is 0 Å². The van der Waals surface area contributed by atoms with Gasteiger partial charge in [0.2, 0.25) is 11.8 Å². The van der Waals surface area contributed by atoms with Gasteiger partial charge >= 0.3 is 13.7 Å². The molecule has 0 amide bonds. The Hall–Kier alpha value is -3.80. The van der Waals surface area contributed by atoms with E-state index in [1.165, 1.54) is 31.9 Å². The lowest BCUT2D eigenvalue weighted by Crippen LogP contribution is -2.38. The number of benzene rings is 1. The Morgan fingerprint density at radius 2 is 2.10 bits per heavy atom. The molecule has 0 radical (unpaired) electrons. The van der Waals surface area contributed by atoms with Crippen LogP contribution in [-0.2, 0) is 23.4 Å². The lowest BCUT2D eigenvalue weighted by molar-refractivity contribution is -0.142. The minimum absolute atomic E-state index is 0.0837. The van der Waals surface area contributed by atoms with Gasteiger partial charge in [-0.2, -0.15) is 20.3 Å². The van der Waals surface area contributed by atoms with Gasteiger partial charge in [0.25, 0.3) is 0 Å². The van der Waals surface area contributed by atoms with Gasteiger partial charge in [-0.1, -0.05) is 18.2 Å². The van der Waals surface area contributed by atoms with Gasteiger partial charge in [-0.05, 0) is 32.9 Å². The number of nitriles is 1. The number of aliphatic hydroxyl groups is 1. The van der Waals surface area contributed by atoms with Crippen LogP contribution in [0.4, 0.5) is 5.95 Å². The van der Waals surface area contributed by atoms with E-state index in [9.17, 15) is 19.7 Å².